The molecule has 0 aliphatic rings. The van der Waals surface area contributed by atoms with E-state index in [1.165, 1.54) is 31.5 Å². The van der Waals surface area contributed by atoms with Crippen LogP contribution in [0, 0.1) is 0 Å². The molecule has 0 saturated carbocycles. The van der Waals surface area contributed by atoms with Gasteiger partial charge in [-0.1, -0.05) is 12.1 Å². The molecule has 1 amide bonds. The maximum Gasteiger partial charge on any atom is 0.260 e. The lowest BCUT2D eigenvalue weighted by atomic mass is 10.3. The summed E-state index contributed by atoms with van der Waals surface area (Å²) in [4.78, 5) is 12.0. The first-order chi connectivity index (χ1) is 9.45. The van der Waals surface area contributed by atoms with Crippen molar-refractivity contribution in [3.05, 3.63) is 47.4 Å². The number of anilines is 1. The summed E-state index contributed by atoms with van der Waals surface area (Å²) in [5, 5.41) is 2.43. The van der Waals surface area contributed by atoms with Crippen molar-refractivity contribution < 1.29 is 17.6 Å². The zero-order valence-corrected chi connectivity index (χ0v) is 12.0. The highest BCUT2D eigenvalue weighted by atomic mass is 35.5. The van der Waals surface area contributed by atoms with Crippen molar-refractivity contribution in [2.75, 3.05) is 12.4 Å². The quantitative estimate of drug-likeness (QED) is 0.904. The van der Waals surface area contributed by atoms with E-state index in [0.29, 0.717) is 0 Å². The van der Waals surface area contributed by atoms with E-state index in [1.807, 2.05) is 0 Å². The molecule has 0 atom stereocenters. The maximum absolute atomic E-state index is 12.0. The van der Waals surface area contributed by atoms with Crippen molar-refractivity contribution >= 4 is 33.2 Å². The normalized spacial score (nSPS) is 11.3. The summed E-state index contributed by atoms with van der Waals surface area (Å²) in [6.45, 7) is 0. The molecule has 0 aliphatic carbocycles. The predicted octanol–water partition coefficient (Wildman–Crippen LogP) is 2.09. The summed E-state index contributed by atoms with van der Waals surface area (Å²) < 4.78 is 30.7. The second-order valence-corrected chi connectivity index (χ2v) is 5.96. The predicted molar refractivity (Wildman–Crippen MR) is 74.4 cm³/mol. The van der Waals surface area contributed by atoms with Crippen LogP contribution in [0.5, 0.6) is 0 Å². The highest BCUT2D eigenvalue weighted by Crippen LogP contribution is 2.23. The number of furan rings is 1. The third-order valence-corrected chi connectivity index (χ3v) is 4.32. The number of carbonyl (C=O) groups is 1. The molecule has 0 spiro atoms. The van der Waals surface area contributed by atoms with Crippen LogP contribution in [0.15, 0.2) is 45.9 Å². The molecule has 1 aromatic heterocycles. The third-order valence-electron chi connectivity index (χ3n) is 2.56. The first-order valence-electron chi connectivity index (χ1n) is 5.52. The number of halogens is 1. The Hall–Kier alpha value is -1.83. The van der Waals surface area contributed by atoms with Crippen LogP contribution in [0.25, 0.3) is 0 Å². The molecule has 1 aromatic carbocycles. The molecule has 1 heterocycles. The van der Waals surface area contributed by atoms with Crippen LogP contribution in [-0.2, 0) is 10.0 Å². The minimum absolute atomic E-state index is 0.0320. The molecule has 106 valence electrons. The highest BCUT2D eigenvalue weighted by Gasteiger charge is 2.19. The summed E-state index contributed by atoms with van der Waals surface area (Å²) in [5.41, 5.74) is 0.285. The Labute approximate surface area is 120 Å². The van der Waals surface area contributed by atoms with E-state index in [4.69, 9.17) is 16.0 Å². The van der Waals surface area contributed by atoms with E-state index in [9.17, 15) is 13.2 Å². The van der Waals surface area contributed by atoms with E-state index in [2.05, 4.69) is 10.0 Å². The van der Waals surface area contributed by atoms with Crippen molar-refractivity contribution in [2.24, 2.45) is 0 Å². The molecule has 0 saturated heterocycles. The zero-order valence-electron chi connectivity index (χ0n) is 10.4. The Morgan fingerprint density at radius 1 is 1.25 bits per heavy atom. The highest BCUT2D eigenvalue weighted by molar-refractivity contribution is 7.89. The van der Waals surface area contributed by atoms with E-state index < -0.39 is 15.9 Å². The molecule has 0 bridgehead atoms. The molecule has 2 N–H and O–H groups in total. The summed E-state index contributed by atoms with van der Waals surface area (Å²) in [6.07, 6.45) is 1.27. The fourth-order valence-electron chi connectivity index (χ4n) is 1.56. The van der Waals surface area contributed by atoms with Crippen LogP contribution in [0.4, 0.5) is 5.69 Å². The van der Waals surface area contributed by atoms with Crippen LogP contribution < -0.4 is 10.0 Å². The van der Waals surface area contributed by atoms with Gasteiger partial charge in [-0.05, 0) is 36.8 Å². The number of benzene rings is 1. The number of carbonyl (C=O) groups excluding carboxylic acids is 1. The smallest absolute Gasteiger partial charge is 0.260 e. The molecule has 2 rings (SSSR count). The molecule has 6 nitrogen and oxygen atoms in total. The first kappa shape index (κ1) is 14.6. The molecule has 0 fully saturated rings. The largest absolute Gasteiger partial charge is 0.452 e. The summed E-state index contributed by atoms with van der Waals surface area (Å²) >= 11 is 5.70. The summed E-state index contributed by atoms with van der Waals surface area (Å²) in [6, 6.07) is 7.44. The lowest BCUT2D eigenvalue weighted by molar-refractivity contribution is 0.102. The summed E-state index contributed by atoms with van der Waals surface area (Å²) in [7, 11) is -2.38. The molecule has 2 aromatic rings. The number of rotatable bonds is 4. The number of para-hydroxylation sites is 1. The molecule has 0 aliphatic heterocycles. The van der Waals surface area contributed by atoms with Crippen LogP contribution in [0.3, 0.4) is 0 Å². The van der Waals surface area contributed by atoms with Gasteiger partial charge < -0.3 is 9.73 Å². The van der Waals surface area contributed by atoms with Crippen molar-refractivity contribution in [3.63, 3.8) is 0 Å². The Morgan fingerprint density at radius 3 is 2.55 bits per heavy atom. The third kappa shape index (κ3) is 2.84. The van der Waals surface area contributed by atoms with Crippen molar-refractivity contribution in [1.29, 1.82) is 0 Å². The van der Waals surface area contributed by atoms with Gasteiger partial charge in [0, 0.05) is 0 Å². The van der Waals surface area contributed by atoms with Gasteiger partial charge in [0.25, 0.3) is 5.91 Å². The second kappa shape index (κ2) is 5.66. The fourth-order valence-corrected chi connectivity index (χ4v) is 2.65. The van der Waals surface area contributed by atoms with E-state index in [-0.39, 0.29) is 21.4 Å². The summed E-state index contributed by atoms with van der Waals surface area (Å²) in [5.74, 6) is -0.553. The van der Waals surface area contributed by atoms with Crippen molar-refractivity contribution in [3.8, 4) is 0 Å². The van der Waals surface area contributed by atoms with E-state index >= 15 is 0 Å². The van der Waals surface area contributed by atoms with Gasteiger partial charge in [-0.3, -0.25) is 4.79 Å². The maximum atomic E-state index is 12.0. The topological polar surface area (TPSA) is 88.4 Å². The van der Waals surface area contributed by atoms with E-state index in [0.717, 1.165) is 0 Å². The standard InChI is InChI=1S/C12H11ClN2O4S/c1-14-20(17,18)10-5-3-2-4-9(10)15-12(16)8-6-7-19-11(8)13/h2-7,14H,1H3,(H,15,16). The number of nitrogens with one attached hydrogen (secondary N) is 2. The Morgan fingerprint density at radius 2 is 1.95 bits per heavy atom. The lowest BCUT2D eigenvalue weighted by Crippen LogP contribution is -2.21. The second-order valence-electron chi connectivity index (χ2n) is 3.77. The molecule has 0 radical (unpaired) electrons. The Kier molecular flexibility index (Phi) is 4.12. The minimum atomic E-state index is -3.67. The number of hydrogen-bond acceptors (Lipinski definition) is 4. The molecule has 8 heteroatoms. The van der Waals surface area contributed by atoms with Gasteiger partial charge in [-0.2, -0.15) is 0 Å². The number of amides is 1. The molecule has 0 unspecified atom stereocenters. The van der Waals surface area contributed by atoms with Crippen molar-refractivity contribution in [2.45, 2.75) is 4.90 Å². The number of hydrogen-bond donors (Lipinski definition) is 2. The van der Waals surface area contributed by atoms with Crippen molar-refractivity contribution in [1.82, 2.24) is 4.72 Å². The number of sulfonamides is 1. The van der Waals surface area contributed by atoms with Gasteiger partial charge in [0.05, 0.1) is 17.5 Å². The average Bonchev–Trinajstić information content (AvgIpc) is 2.85. The van der Waals surface area contributed by atoms with Gasteiger partial charge in [0.15, 0.2) is 0 Å². The first-order valence-corrected chi connectivity index (χ1v) is 7.39. The average molecular weight is 315 g/mol. The SMILES string of the molecule is CNS(=O)(=O)c1ccccc1NC(=O)c1ccoc1Cl. The zero-order chi connectivity index (χ0) is 14.8. The molecular weight excluding hydrogens is 304 g/mol. The van der Waals surface area contributed by atoms with Gasteiger partial charge >= 0.3 is 0 Å². The Bertz CT molecular complexity index is 739. The van der Waals surface area contributed by atoms with Crippen LogP contribution in [-0.4, -0.2) is 21.4 Å². The van der Waals surface area contributed by atoms with Crippen LogP contribution in [0.1, 0.15) is 10.4 Å². The molecule has 20 heavy (non-hydrogen) atoms. The van der Waals surface area contributed by atoms with E-state index in [1.54, 1.807) is 12.1 Å². The monoisotopic (exact) mass is 314 g/mol. The fraction of sp³-hybridized carbons (Fsp3) is 0.0833. The van der Waals surface area contributed by atoms with Gasteiger partial charge in [-0.25, -0.2) is 13.1 Å². The molecular formula is C12H11ClN2O4S. The minimum Gasteiger partial charge on any atom is -0.452 e. The van der Waals surface area contributed by atoms with Crippen LogP contribution >= 0.6 is 11.6 Å². The van der Waals surface area contributed by atoms with Gasteiger partial charge in [0.1, 0.15) is 4.90 Å². The van der Waals surface area contributed by atoms with Gasteiger partial charge in [0.2, 0.25) is 15.2 Å². The van der Waals surface area contributed by atoms with Crippen LogP contribution in [0.2, 0.25) is 5.22 Å². The lowest BCUT2D eigenvalue weighted by Gasteiger charge is -2.10. The van der Waals surface area contributed by atoms with Gasteiger partial charge in [-0.15, -0.1) is 0 Å². The Balaban J connectivity index is 2.36.